The number of carbonyl (C=O) groups excluding carboxylic acids is 2. The monoisotopic (exact) mass is 472 g/mol. The summed E-state index contributed by atoms with van der Waals surface area (Å²) < 4.78 is 1.73. The van der Waals surface area contributed by atoms with E-state index in [0.717, 1.165) is 29.9 Å². The van der Waals surface area contributed by atoms with Crippen LogP contribution in [0.4, 0.5) is 11.4 Å². The lowest BCUT2D eigenvalue weighted by atomic mass is 9.84. The first-order valence-electron chi connectivity index (χ1n) is 11.4. The number of nitrogens with one attached hydrogen (secondary N) is 3. The van der Waals surface area contributed by atoms with E-state index < -0.39 is 0 Å². The molecule has 5 rings (SSSR count). The zero-order valence-electron chi connectivity index (χ0n) is 20.2. The van der Waals surface area contributed by atoms with Gasteiger partial charge in [-0.15, -0.1) is 0 Å². The molecular weight excluding hydrogens is 444 g/mol. The highest BCUT2D eigenvalue weighted by molar-refractivity contribution is 6.06. The minimum Gasteiger partial charge on any atom is -0.338 e. The van der Waals surface area contributed by atoms with Crippen molar-refractivity contribution in [2.24, 2.45) is 12.5 Å². The normalized spacial score (nSPS) is 15.1. The van der Waals surface area contributed by atoms with E-state index in [0.29, 0.717) is 34.8 Å². The second-order valence-electron chi connectivity index (χ2n) is 9.89. The fraction of sp³-hybridized carbons (Fsp3) is 0.320. The average molecular weight is 473 g/mol. The minimum absolute atomic E-state index is 0.103. The molecule has 3 N–H and O–H groups in total. The lowest BCUT2D eigenvalue weighted by molar-refractivity contribution is -0.120. The average Bonchev–Trinajstić information content (AvgIpc) is 3.40. The maximum atomic E-state index is 13.0. The third kappa shape index (κ3) is 4.92. The van der Waals surface area contributed by atoms with Gasteiger partial charge in [0, 0.05) is 37.9 Å². The van der Waals surface area contributed by atoms with Gasteiger partial charge in [0.25, 0.3) is 5.91 Å². The maximum Gasteiger partial charge on any atom is 0.257 e. The molecule has 2 amide bonds. The van der Waals surface area contributed by atoms with Crippen LogP contribution < -0.4 is 10.6 Å². The fourth-order valence-electron chi connectivity index (χ4n) is 4.44. The van der Waals surface area contributed by atoms with Gasteiger partial charge in [0.05, 0.1) is 41.1 Å². The smallest absolute Gasteiger partial charge is 0.257 e. The summed E-state index contributed by atoms with van der Waals surface area (Å²) in [4.78, 5) is 39.5. The number of likely N-dealkylation sites (tertiary alicyclic amines) is 1. The number of pyridine rings is 2. The molecular formula is C25H28N8O2. The Balaban J connectivity index is 1.28. The summed E-state index contributed by atoms with van der Waals surface area (Å²) in [6.45, 7) is 8.30. The van der Waals surface area contributed by atoms with Crippen molar-refractivity contribution in [3.63, 3.8) is 0 Å². The highest BCUT2D eigenvalue weighted by atomic mass is 16.2. The van der Waals surface area contributed by atoms with E-state index in [2.05, 4.69) is 49.4 Å². The number of hydrogen-bond donors (Lipinski definition) is 3. The van der Waals surface area contributed by atoms with Gasteiger partial charge < -0.3 is 15.6 Å². The molecule has 4 aromatic heterocycles. The number of hydrogen-bond acceptors (Lipinski definition) is 6. The standard InChI is InChI=1S/C25H28N8O2/c1-15-20(9-18(11-26-15)28-22(34)12-33-13-25(2,3)14-33)30-24(35)17-7-16-8-21(29-23(16)27-10-17)19-5-6-32(4)31-19/h5-11H,12-14H2,1-4H3,(H,27,29)(H,28,34)(H,30,35). The van der Waals surface area contributed by atoms with Crippen LogP contribution in [0, 0.1) is 12.3 Å². The van der Waals surface area contributed by atoms with E-state index in [1.165, 1.54) is 6.20 Å². The van der Waals surface area contributed by atoms with Crippen LogP contribution >= 0.6 is 0 Å². The van der Waals surface area contributed by atoms with Gasteiger partial charge in [0.1, 0.15) is 11.3 Å². The molecule has 5 heterocycles. The van der Waals surface area contributed by atoms with Crippen molar-refractivity contribution >= 4 is 34.2 Å². The van der Waals surface area contributed by atoms with Crippen molar-refractivity contribution in [1.82, 2.24) is 29.6 Å². The molecule has 4 aromatic rings. The Labute approximate surface area is 202 Å². The van der Waals surface area contributed by atoms with E-state index in [9.17, 15) is 9.59 Å². The van der Waals surface area contributed by atoms with Crippen molar-refractivity contribution in [3.8, 4) is 11.4 Å². The number of nitrogens with zero attached hydrogens (tertiary/aromatic N) is 5. The molecule has 0 spiro atoms. The SMILES string of the molecule is Cc1ncc(NC(=O)CN2CC(C)(C)C2)cc1NC(=O)c1cnc2[nH]c(-c3ccn(C)n3)cc2c1. The molecule has 0 aliphatic carbocycles. The molecule has 35 heavy (non-hydrogen) atoms. The van der Waals surface area contributed by atoms with Gasteiger partial charge in [-0.1, -0.05) is 13.8 Å². The number of fused-ring (bicyclic) bond motifs is 1. The fourth-order valence-corrected chi connectivity index (χ4v) is 4.44. The molecule has 10 heteroatoms. The number of aromatic nitrogens is 5. The molecule has 1 aliphatic heterocycles. The molecule has 0 bridgehead atoms. The third-order valence-electron chi connectivity index (χ3n) is 6.01. The summed E-state index contributed by atoms with van der Waals surface area (Å²) in [7, 11) is 1.86. The van der Waals surface area contributed by atoms with Gasteiger partial charge in [-0.3, -0.25) is 24.2 Å². The van der Waals surface area contributed by atoms with Crippen LogP contribution in [-0.2, 0) is 11.8 Å². The number of aryl methyl sites for hydroxylation is 2. The van der Waals surface area contributed by atoms with Crippen molar-refractivity contribution in [3.05, 3.63) is 54.1 Å². The maximum absolute atomic E-state index is 13.0. The van der Waals surface area contributed by atoms with E-state index >= 15 is 0 Å². The van der Waals surface area contributed by atoms with E-state index in [1.54, 1.807) is 29.9 Å². The first-order chi connectivity index (χ1) is 16.6. The molecule has 0 atom stereocenters. The van der Waals surface area contributed by atoms with Crippen LogP contribution in [0.3, 0.4) is 0 Å². The molecule has 1 aliphatic rings. The summed E-state index contributed by atoms with van der Waals surface area (Å²) in [5, 5.41) is 11.0. The molecule has 0 radical (unpaired) electrons. The molecule has 1 saturated heterocycles. The van der Waals surface area contributed by atoms with E-state index in [1.807, 2.05) is 25.4 Å². The summed E-state index contributed by atoms with van der Waals surface area (Å²) in [6.07, 6.45) is 4.99. The number of anilines is 2. The highest BCUT2D eigenvalue weighted by Crippen LogP contribution is 2.28. The van der Waals surface area contributed by atoms with Gasteiger partial charge in [0.15, 0.2) is 0 Å². The zero-order chi connectivity index (χ0) is 24.7. The number of amides is 2. The van der Waals surface area contributed by atoms with Gasteiger partial charge in [-0.25, -0.2) is 4.98 Å². The quantitative estimate of drug-likeness (QED) is 0.396. The van der Waals surface area contributed by atoms with Gasteiger partial charge >= 0.3 is 0 Å². The van der Waals surface area contributed by atoms with Crippen LogP contribution in [0.25, 0.3) is 22.4 Å². The highest BCUT2D eigenvalue weighted by Gasteiger charge is 2.34. The Morgan fingerprint density at radius 2 is 1.91 bits per heavy atom. The van der Waals surface area contributed by atoms with E-state index in [4.69, 9.17) is 0 Å². The Hall–Kier alpha value is -4.05. The molecule has 0 unspecified atom stereocenters. The van der Waals surface area contributed by atoms with Crippen LogP contribution in [0.5, 0.6) is 0 Å². The van der Waals surface area contributed by atoms with Crippen LogP contribution in [0.2, 0.25) is 0 Å². The van der Waals surface area contributed by atoms with E-state index in [-0.39, 0.29) is 17.2 Å². The molecule has 0 saturated carbocycles. The van der Waals surface area contributed by atoms with Crippen molar-refractivity contribution < 1.29 is 9.59 Å². The van der Waals surface area contributed by atoms with Crippen LogP contribution in [0.15, 0.2) is 42.9 Å². The Bertz CT molecular complexity index is 1430. The summed E-state index contributed by atoms with van der Waals surface area (Å²) in [6, 6.07) is 7.33. The number of rotatable bonds is 6. The molecule has 1 fully saturated rings. The molecule has 0 aromatic carbocycles. The first kappa shape index (κ1) is 22.7. The summed E-state index contributed by atoms with van der Waals surface area (Å²) in [5.74, 6) is -0.412. The van der Waals surface area contributed by atoms with Crippen LogP contribution in [0.1, 0.15) is 29.9 Å². The number of aromatic amines is 1. The topological polar surface area (TPSA) is 121 Å². The largest absolute Gasteiger partial charge is 0.338 e. The second-order valence-corrected chi connectivity index (χ2v) is 9.89. The first-order valence-corrected chi connectivity index (χ1v) is 11.4. The Kier molecular flexibility index (Phi) is 5.60. The van der Waals surface area contributed by atoms with Crippen molar-refractivity contribution in [2.75, 3.05) is 30.3 Å². The summed E-state index contributed by atoms with van der Waals surface area (Å²) in [5.41, 5.74) is 4.70. The predicted octanol–water partition coefficient (Wildman–Crippen LogP) is 3.20. The van der Waals surface area contributed by atoms with Crippen molar-refractivity contribution in [2.45, 2.75) is 20.8 Å². The van der Waals surface area contributed by atoms with Gasteiger partial charge in [-0.2, -0.15) is 5.10 Å². The predicted molar refractivity (Wildman–Crippen MR) is 134 cm³/mol. The Morgan fingerprint density at radius 3 is 2.63 bits per heavy atom. The zero-order valence-corrected chi connectivity index (χ0v) is 20.2. The lowest BCUT2D eigenvalue weighted by Gasteiger charge is -2.45. The number of carbonyl (C=O) groups is 2. The van der Waals surface area contributed by atoms with Crippen LogP contribution in [-0.4, -0.2) is 61.1 Å². The summed E-state index contributed by atoms with van der Waals surface area (Å²) >= 11 is 0. The Morgan fingerprint density at radius 1 is 1.11 bits per heavy atom. The lowest BCUT2D eigenvalue weighted by Crippen LogP contribution is -2.54. The molecule has 180 valence electrons. The second kappa shape index (κ2) is 8.62. The number of H-pyrrole nitrogens is 1. The molecule has 10 nitrogen and oxygen atoms in total. The van der Waals surface area contributed by atoms with Crippen molar-refractivity contribution in [1.29, 1.82) is 0 Å². The van der Waals surface area contributed by atoms with Gasteiger partial charge in [-0.05, 0) is 36.6 Å². The minimum atomic E-state index is -0.309. The third-order valence-corrected chi connectivity index (χ3v) is 6.01. The van der Waals surface area contributed by atoms with Gasteiger partial charge in [0.2, 0.25) is 5.91 Å².